The number of benzene rings is 2. The van der Waals surface area contributed by atoms with Crippen LogP contribution in [0, 0.1) is 0 Å². The van der Waals surface area contributed by atoms with E-state index in [2.05, 4.69) is 71.1 Å². The number of rotatable bonds is 8. The molecule has 3 atom stereocenters. The van der Waals surface area contributed by atoms with Crippen LogP contribution in [0.5, 0.6) is 0 Å². The van der Waals surface area contributed by atoms with E-state index in [1.54, 1.807) is 0 Å². The van der Waals surface area contributed by atoms with Crippen LogP contribution in [0.15, 0.2) is 61.2 Å². The van der Waals surface area contributed by atoms with Crippen molar-refractivity contribution >= 4 is 5.91 Å². The highest BCUT2D eigenvalue weighted by atomic mass is 16.1. The quantitative estimate of drug-likeness (QED) is 0.457. The van der Waals surface area contributed by atoms with Crippen LogP contribution >= 0.6 is 0 Å². The van der Waals surface area contributed by atoms with Crippen LogP contribution in [-0.2, 0) is 6.42 Å². The van der Waals surface area contributed by atoms with Gasteiger partial charge in [0.15, 0.2) is 0 Å². The van der Waals surface area contributed by atoms with E-state index in [0.717, 1.165) is 44.5 Å². The van der Waals surface area contributed by atoms with Gasteiger partial charge < -0.3 is 5.32 Å². The molecule has 0 aromatic heterocycles. The number of carbonyl (C=O) groups is 1. The molecule has 192 valence electrons. The molecule has 1 amide bonds. The first kappa shape index (κ1) is 25.2. The van der Waals surface area contributed by atoms with Gasteiger partial charge in [0.2, 0.25) is 0 Å². The highest BCUT2D eigenvalue weighted by Gasteiger charge is 2.36. The predicted octanol–water partition coefficient (Wildman–Crippen LogP) is 6.13. The summed E-state index contributed by atoms with van der Waals surface area (Å²) in [6.45, 7) is 9.44. The Bertz CT molecular complexity index is 1030. The lowest BCUT2D eigenvalue weighted by Gasteiger charge is -2.41. The van der Waals surface area contributed by atoms with Gasteiger partial charge in [0.05, 0.1) is 6.04 Å². The minimum absolute atomic E-state index is 0.0709. The summed E-state index contributed by atoms with van der Waals surface area (Å²) in [6.07, 6.45) is 12.9. The molecule has 2 aromatic carbocycles. The summed E-state index contributed by atoms with van der Waals surface area (Å²) >= 11 is 0. The van der Waals surface area contributed by atoms with Gasteiger partial charge in [-0.1, -0.05) is 68.7 Å². The van der Waals surface area contributed by atoms with Crippen molar-refractivity contribution in [1.29, 1.82) is 0 Å². The molecular formula is C32H43N3O. The van der Waals surface area contributed by atoms with Crippen molar-refractivity contribution < 1.29 is 4.79 Å². The average Bonchev–Trinajstić information content (AvgIpc) is 3.39. The van der Waals surface area contributed by atoms with Crippen LogP contribution in [0.4, 0.5) is 0 Å². The van der Waals surface area contributed by atoms with Crippen LogP contribution < -0.4 is 5.32 Å². The van der Waals surface area contributed by atoms with Crippen molar-refractivity contribution in [3.63, 3.8) is 0 Å². The predicted molar refractivity (Wildman–Crippen MR) is 148 cm³/mol. The van der Waals surface area contributed by atoms with Crippen molar-refractivity contribution in [2.45, 2.75) is 88.9 Å². The standard InChI is InChI=1S/C32H43N3O/c1-3-20-35-29-13-8-14-30(35)23-34(21-19-29)31(27-10-7-9-24(4-2)22-27)25-15-17-26(18-16-25)32(36)33-28-11-5-6-12-28/h3,7,9-10,15-18,22,28-31H,1,4-6,8,11-14,19-21,23H2,2H3,(H,33,36). The second kappa shape index (κ2) is 11.7. The number of hydrogen-bond donors (Lipinski definition) is 1. The van der Waals surface area contributed by atoms with Crippen LogP contribution in [0.25, 0.3) is 0 Å². The first-order valence-electron chi connectivity index (χ1n) is 14.3. The zero-order valence-corrected chi connectivity index (χ0v) is 22.0. The molecule has 2 heterocycles. The smallest absolute Gasteiger partial charge is 0.251 e. The molecule has 5 rings (SSSR count). The molecule has 0 radical (unpaired) electrons. The number of hydrogen-bond acceptors (Lipinski definition) is 3. The SMILES string of the molecule is C=CCN1C2CCCC1CN(C(c1ccc(C(=O)NC3CCCC3)cc1)c1cccc(CC)c1)CC2. The molecule has 2 bridgehead atoms. The molecule has 2 aliphatic heterocycles. The second-order valence-electron chi connectivity index (χ2n) is 11.1. The lowest BCUT2D eigenvalue weighted by molar-refractivity contribution is 0.0937. The van der Waals surface area contributed by atoms with Crippen LogP contribution in [0.1, 0.15) is 91.4 Å². The van der Waals surface area contributed by atoms with Crippen molar-refractivity contribution in [3.8, 4) is 0 Å². The molecule has 3 fully saturated rings. The van der Waals surface area contributed by atoms with Crippen LogP contribution in [0.3, 0.4) is 0 Å². The van der Waals surface area contributed by atoms with E-state index in [9.17, 15) is 4.79 Å². The van der Waals surface area contributed by atoms with Gasteiger partial charge in [0.25, 0.3) is 5.91 Å². The van der Waals surface area contributed by atoms with Crippen molar-refractivity contribution in [3.05, 3.63) is 83.4 Å². The molecule has 2 aromatic rings. The number of piperidine rings is 1. The molecule has 1 N–H and O–H groups in total. The maximum Gasteiger partial charge on any atom is 0.251 e. The Labute approximate surface area is 217 Å². The van der Waals surface area contributed by atoms with Gasteiger partial charge in [0, 0.05) is 43.3 Å². The average molecular weight is 486 g/mol. The van der Waals surface area contributed by atoms with Gasteiger partial charge in [-0.15, -0.1) is 6.58 Å². The van der Waals surface area contributed by atoms with E-state index in [1.807, 2.05) is 12.1 Å². The zero-order valence-electron chi connectivity index (χ0n) is 22.0. The minimum atomic E-state index is 0.0709. The minimum Gasteiger partial charge on any atom is -0.349 e. The Morgan fingerprint density at radius 2 is 1.78 bits per heavy atom. The molecule has 2 saturated heterocycles. The van der Waals surface area contributed by atoms with E-state index in [4.69, 9.17) is 0 Å². The summed E-state index contributed by atoms with van der Waals surface area (Å²) in [4.78, 5) is 18.3. The van der Waals surface area contributed by atoms with E-state index < -0.39 is 0 Å². The van der Waals surface area contributed by atoms with Gasteiger partial charge in [-0.3, -0.25) is 14.6 Å². The fraction of sp³-hybridized carbons (Fsp3) is 0.531. The molecular weight excluding hydrogens is 442 g/mol. The van der Waals surface area contributed by atoms with Crippen molar-refractivity contribution in [2.75, 3.05) is 19.6 Å². The zero-order chi connectivity index (χ0) is 24.9. The van der Waals surface area contributed by atoms with Crippen molar-refractivity contribution in [1.82, 2.24) is 15.1 Å². The molecule has 36 heavy (non-hydrogen) atoms. The third-order valence-corrected chi connectivity index (χ3v) is 8.77. The van der Waals surface area contributed by atoms with Gasteiger partial charge in [-0.2, -0.15) is 0 Å². The summed E-state index contributed by atoms with van der Waals surface area (Å²) in [5, 5.41) is 3.24. The Hall–Kier alpha value is -2.43. The van der Waals surface area contributed by atoms with Gasteiger partial charge in [0.1, 0.15) is 0 Å². The highest BCUT2D eigenvalue weighted by molar-refractivity contribution is 5.94. The van der Waals surface area contributed by atoms with E-state index in [1.165, 1.54) is 55.2 Å². The molecule has 4 nitrogen and oxygen atoms in total. The molecule has 4 heteroatoms. The number of carbonyl (C=O) groups excluding carboxylic acids is 1. The largest absolute Gasteiger partial charge is 0.349 e. The summed E-state index contributed by atoms with van der Waals surface area (Å²) in [5.41, 5.74) is 4.80. The lowest BCUT2D eigenvalue weighted by Crippen LogP contribution is -2.48. The molecule has 3 unspecified atom stereocenters. The summed E-state index contributed by atoms with van der Waals surface area (Å²) < 4.78 is 0. The highest BCUT2D eigenvalue weighted by Crippen LogP contribution is 2.36. The molecule has 0 spiro atoms. The topological polar surface area (TPSA) is 35.6 Å². The molecule has 1 saturated carbocycles. The Kier molecular flexibility index (Phi) is 8.23. The van der Waals surface area contributed by atoms with Gasteiger partial charge >= 0.3 is 0 Å². The third-order valence-electron chi connectivity index (χ3n) is 8.77. The summed E-state index contributed by atoms with van der Waals surface area (Å²) in [5.74, 6) is 0.0709. The monoisotopic (exact) mass is 485 g/mol. The number of nitrogens with one attached hydrogen (secondary N) is 1. The maximum absolute atomic E-state index is 12.9. The van der Waals surface area contributed by atoms with Crippen LogP contribution in [-0.4, -0.2) is 53.5 Å². The number of aryl methyl sites for hydroxylation is 1. The van der Waals surface area contributed by atoms with E-state index in [-0.39, 0.29) is 11.9 Å². The second-order valence-corrected chi connectivity index (χ2v) is 11.1. The maximum atomic E-state index is 12.9. The summed E-state index contributed by atoms with van der Waals surface area (Å²) in [6, 6.07) is 19.4. The number of amides is 1. The van der Waals surface area contributed by atoms with Crippen LogP contribution in [0.2, 0.25) is 0 Å². The Balaban J connectivity index is 1.43. The first-order valence-corrected chi connectivity index (χ1v) is 14.3. The molecule has 3 aliphatic rings. The fourth-order valence-electron chi connectivity index (χ4n) is 6.84. The fourth-order valence-corrected chi connectivity index (χ4v) is 6.84. The Morgan fingerprint density at radius 1 is 1.00 bits per heavy atom. The summed E-state index contributed by atoms with van der Waals surface area (Å²) in [7, 11) is 0. The van der Waals surface area contributed by atoms with Gasteiger partial charge in [-0.05, 0) is 67.3 Å². The normalized spacial score (nSPS) is 24.2. The van der Waals surface area contributed by atoms with Crippen molar-refractivity contribution in [2.24, 2.45) is 0 Å². The Morgan fingerprint density at radius 3 is 2.53 bits per heavy atom. The van der Waals surface area contributed by atoms with E-state index >= 15 is 0 Å². The van der Waals surface area contributed by atoms with Gasteiger partial charge in [-0.25, -0.2) is 0 Å². The lowest BCUT2D eigenvalue weighted by atomic mass is 9.93. The molecule has 1 aliphatic carbocycles. The number of fused-ring (bicyclic) bond motifs is 2. The van der Waals surface area contributed by atoms with E-state index in [0.29, 0.717) is 18.1 Å². The third kappa shape index (κ3) is 5.60. The first-order chi connectivity index (χ1) is 17.7. The number of nitrogens with zero attached hydrogens (tertiary/aromatic N) is 2.